The Morgan fingerprint density at radius 2 is 2.22 bits per heavy atom. The van der Waals surface area contributed by atoms with Gasteiger partial charge in [-0.2, -0.15) is 0 Å². The van der Waals surface area contributed by atoms with Gasteiger partial charge < -0.3 is 5.21 Å². The highest BCUT2D eigenvalue weighted by atomic mass is 16.4. The van der Waals surface area contributed by atoms with Gasteiger partial charge >= 0.3 is 0 Å². The van der Waals surface area contributed by atoms with Crippen LogP contribution in [0.1, 0.15) is 26.7 Å². The molecule has 0 aliphatic rings. The van der Waals surface area contributed by atoms with Gasteiger partial charge in [0.05, 0.1) is 0 Å². The topological polar surface area (TPSA) is 49.7 Å². The van der Waals surface area contributed by atoms with Crippen molar-refractivity contribution < 1.29 is 10.0 Å². The average Bonchev–Trinajstić information content (AvgIpc) is 1.87. The second-order valence-corrected chi connectivity index (χ2v) is 1.86. The maximum Gasteiger partial charge on any atom is 0.180 e. The summed E-state index contributed by atoms with van der Waals surface area (Å²) in [6.45, 7) is 3.40. The lowest BCUT2D eigenvalue weighted by Crippen LogP contribution is -2.08. The van der Waals surface area contributed by atoms with E-state index in [1.165, 1.54) is 6.92 Å². The molecule has 0 atom stereocenters. The predicted molar refractivity (Wildman–Crippen MR) is 34.8 cm³/mol. The number of hydrogen-bond donors (Lipinski definition) is 1. The van der Waals surface area contributed by atoms with Crippen molar-refractivity contribution in [1.82, 2.24) is 0 Å². The molecule has 0 saturated carbocycles. The molecule has 0 aliphatic carbocycles. The van der Waals surface area contributed by atoms with E-state index in [2.05, 4.69) is 5.16 Å². The molecule has 0 radical (unpaired) electrons. The number of ketones is 1. The molecule has 0 rings (SSSR count). The van der Waals surface area contributed by atoms with Gasteiger partial charge in [0.25, 0.3) is 0 Å². The molecule has 9 heavy (non-hydrogen) atoms. The third-order valence-electron chi connectivity index (χ3n) is 1.03. The van der Waals surface area contributed by atoms with Crippen LogP contribution in [-0.2, 0) is 4.79 Å². The number of rotatable bonds is 3. The molecule has 0 saturated heterocycles. The molecule has 0 aromatic carbocycles. The van der Waals surface area contributed by atoms with E-state index in [0.29, 0.717) is 6.42 Å². The number of nitrogens with zero attached hydrogens (tertiary/aromatic N) is 1. The molecule has 0 bridgehead atoms. The van der Waals surface area contributed by atoms with Gasteiger partial charge in [0.1, 0.15) is 5.71 Å². The molecule has 0 aliphatic heterocycles. The van der Waals surface area contributed by atoms with Crippen molar-refractivity contribution in [3.8, 4) is 0 Å². The van der Waals surface area contributed by atoms with E-state index in [1.54, 1.807) is 0 Å². The summed E-state index contributed by atoms with van der Waals surface area (Å²) in [5.74, 6) is -0.0833. The minimum Gasteiger partial charge on any atom is -0.411 e. The molecule has 0 unspecified atom stereocenters. The fourth-order valence-corrected chi connectivity index (χ4v) is 0.464. The van der Waals surface area contributed by atoms with Gasteiger partial charge in [0, 0.05) is 6.42 Å². The van der Waals surface area contributed by atoms with E-state index >= 15 is 0 Å². The maximum atomic E-state index is 10.7. The van der Waals surface area contributed by atoms with Crippen molar-refractivity contribution in [2.24, 2.45) is 5.16 Å². The monoisotopic (exact) mass is 129 g/mol. The van der Waals surface area contributed by atoms with Crippen LogP contribution in [0.3, 0.4) is 0 Å². The number of hydrogen-bond acceptors (Lipinski definition) is 3. The van der Waals surface area contributed by atoms with Crippen molar-refractivity contribution in [2.45, 2.75) is 26.7 Å². The lowest BCUT2D eigenvalue weighted by atomic mass is 10.2. The first-order chi connectivity index (χ1) is 4.22. The predicted octanol–water partition coefficient (Wildman–Crippen LogP) is 1.21. The second-order valence-electron chi connectivity index (χ2n) is 1.86. The Kier molecular flexibility index (Phi) is 3.67. The largest absolute Gasteiger partial charge is 0.411 e. The molecule has 52 valence electrons. The van der Waals surface area contributed by atoms with Crippen LogP contribution in [0, 0.1) is 0 Å². The normalized spacial score (nSPS) is 11.6. The summed E-state index contributed by atoms with van der Waals surface area (Å²) in [4.78, 5) is 10.7. The van der Waals surface area contributed by atoms with Gasteiger partial charge in [-0.1, -0.05) is 12.1 Å². The lowest BCUT2D eigenvalue weighted by molar-refractivity contribution is -0.113. The van der Waals surface area contributed by atoms with Crippen molar-refractivity contribution in [3.63, 3.8) is 0 Å². The van der Waals surface area contributed by atoms with E-state index in [0.717, 1.165) is 6.42 Å². The van der Waals surface area contributed by atoms with Crippen LogP contribution in [0.2, 0.25) is 0 Å². The second kappa shape index (κ2) is 4.06. The zero-order valence-corrected chi connectivity index (χ0v) is 5.72. The molecule has 0 fully saturated rings. The minimum absolute atomic E-state index is 0.0833. The highest BCUT2D eigenvalue weighted by Crippen LogP contribution is 1.90. The highest BCUT2D eigenvalue weighted by Gasteiger charge is 2.02. The van der Waals surface area contributed by atoms with Gasteiger partial charge in [0.2, 0.25) is 0 Å². The Hall–Kier alpha value is -0.860. The van der Waals surface area contributed by atoms with Crippen molar-refractivity contribution in [3.05, 3.63) is 0 Å². The summed E-state index contributed by atoms with van der Waals surface area (Å²) in [5.41, 5.74) is 0.192. The Morgan fingerprint density at radius 1 is 1.67 bits per heavy atom. The summed E-state index contributed by atoms with van der Waals surface area (Å²) in [5, 5.41) is 10.9. The zero-order chi connectivity index (χ0) is 7.28. The molecule has 0 heterocycles. The third-order valence-corrected chi connectivity index (χ3v) is 1.03. The molecule has 0 amide bonds. The van der Waals surface area contributed by atoms with Gasteiger partial charge in [0.15, 0.2) is 5.78 Å². The van der Waals surface area contributed by atoms with E-state index in [4.69, 9.17) is 5.21 Å². The van der Waals surface area contributed by atoms with E-state index in [-0.39, 0.29) is 11.5 Å². The summed E-state index contributed by atoms with van der Waals surface area (Å²) < 4.78 is 0. The fraction of sp³-hybridized carbons (Fsp3) is 0.667. The molecule has 0 spiro atoms. The summed E-state index contributed by atoms with van der Waals surface area (Å²) in [6, 6.07) is 0. The van der Waals surface area contributed by atoms with Crippen LogP contribution in [0.5, 0.6) is 0 Å². The van der Waals surface area contributed by atoms with Crippen LogP contribution in [0.25, 0.3) is 0 Å². The molecule has 0 aromatic rings. The standard InChI is InChI=1S/C6H11NO2/c1-3-4-6(8)5(2)7-9/h9H,3-4H2,1-2H3/b7-5-. The SMILES string of the molecule is CCCC(=O)/C(C)=N\O. The van der Waals surface area contributed by atoms with Crippen molar-refractivity contribution >= 4 is 11.5 Å². The van der Waals surface area contributed by atoms with Gasteiger partial charge in [-0.25, -0.2) is 0 Å². The van der Waals surface area contributed by atoms with Crippen molar-refractivity contribution in [1.29, 1.82) is 0 Å². The third kappa shape index (κ3) is 2.85. The summed E-state index contributed by atoms with van der Waals surface area (Å²) >= 11 is 0. The van der Waals surface area contributed by atoms with Gasteiger partial charge in [-0.05, 0) is 13.3 Å². The molecular formula is C6H11NO2. The van der Waals surface area contributed by atoms with Crippen LogP contribution in [0.4, 0.5) is 0 Å². The molecular weight excluding hydrogens is 118 g/mol. The smallest absolute Gasteiger partial charge is 0.180 e. The van der Waals surface area contributed by atoms with Gasteiger partial charge in [-0.15, -0.1) is 0 Å². The van der Waals surface area contributed by atoms with Gasteiger partial charge in [-0.3, -0.25) is 4.79 Å². The summed E-state index contributed by atoms with van der Waals surface area (Å²) in [7, 11) is 0. The number of Topliss-reactive ketones (excluding diaryl/α,β-unsaturated/α-hetero) is 1. The Bertz CT molecular complexity index is 129. The number of oxime groups is 1. The first-order valence-corrected chi connectivity index (χ1v) is 2.94. The van der Waals surface area contributed by atoms with Crippen LogP contribution >= 0.6 is 0 Å². The zero-order valence-electron chi connectivity index (χ0n) is 5.72. The minimum atomic E-state index is -0.0833. The number of carbonyl (C=O) groups is 1. The first-order valence-electron chi connectivity index (χ1n) is 2.94. The fourth-order valence-electron chi connectivity index (χ4n) is 0.464. The first kappa shape index (κ1) is 8.14. The van der Waals surface area contributed by atoms with E-state index in [1.807, 2.05) is 6.92 Å². The van der Waals surface area contributed by atoms with E-state index in [9.17, 15) is 4.79 Å². The highest BCUT2D eigenvalue weighted by molar-refractivity contribution is 6.38. The van der Waals surface area contributed by atoms with Crippen molar-refractivity contribution in [2.75, 3.05) is 0 Å². The molecule has 0 aromatic heterocycles. The molecule has 1 N–H and O–H groups in total. The van der Waals surface area contributed by atoms with Crippen LogP contribution in [-0.4, -0.2) is 16.7 Å². The average molecular weight is 129 g/mol. The number of carbonyl (C=O) groups excluding carboxylic acids is 1. The van der Waals surface area contributed by atoms with Crippen LogP contribution in [0.15, 0.2) is 5.16 Å². The van der Waals surface area contributed by atoms with E-state index < -0.39 is 0 Å². The quantitative estimate of drug-likeness (QED) is 0.353. The van der Waals surface area contributed by atoms with Crippen LogP contribution < -0.4 is 0 Å². The Labute approximate surface area is 54.4 Å². The Balaban J connectivity index is 3.74. The molecule has 3 nitrogen and oxygen atoms in total. The maximum absolute atomic E-state index is 10.7. The molecule has 3 heteroatoms. The Morgan fingerprint density at radius 3 is 2.56 bits per heavy atom. The summed E-state index contributed by atoms with van der Waals surface area (Å²) in [6.07, 6.45) is 1.27. The lowest BCUT2D eigenvalue weighted by Gasteiger charge is -1.91.